The molecule has 0 atom stereocenters. The van der Waals surface area contributed by atoms with Crippen molar-refractivity contribution in [1.29, 1.82) is 0 Å². The molecule has 8 heteroatoms. The number of aromatic nitrogens is 1. The fourth-order valence-electron chi connectivity index (χ4n) is 3.12. The third-order valence-corrected chi connectivity index (χ3v) is 4.42. The SMILES string of the molecule is Cc1cc2c(CC(=O)O)cccc2n1C(=O)c1ccc(OCCC(F)(F)F)cc1. The number of ether oxygens (including phenoxy) is 1. The van der Waals surface area contributed by atoms with Crippen molar-refractivity contribution in [1.82, 2.24) is 4.57 Å². The fourth-order valence-corrected chi connectivity index (χ4v) is 3.12. The number of hydrogen-bond acceptors (Lipinski definition) is 3. The smallest absolute Gasteiger partial charge is 0.392 e. The van der Waals surface area contributed by atoms with Gasteiger partial charge in [-0.15, -0.1) is 0 Å². The van der Waals surface area contributed by atoms with Gasteiger partial charge in [-0.3, -0.25) is 14.2 Å². The standard InChI is InChI=1S/C21H18F3NO4/c1-13-11-17-15(12-19(26)27)3-2-4-18(17)25(13)20(28)14-5-7-16(8-6-14)29-10-9-21(22,23)24/h2-8,11H,9-10,12H2,1H3,(H,26,27). The summed E-state index contributed by atoms with van der Waals surface area (Å²) in [6.45, 7) is 1.25. The number of rotatable bonds is 6. The third kappa shape index (κ3) is 4.77. The summed E-state index contributed by atoms with van der Waals surface area (Å²) in [4.78, 5) is 24.1. The van der Waals surface area contributed by atoms with Crippen molar-refractivity contribution in [3.63, 3.8) is 0 Å². The molecule has 0 amide bonds. The number of nitrogens with zero attached hydrogens (tertiary/aromatic N) is 1. The molecule has 0 aliphatic heterocycles. The summed E-state index contributed by atoms with van der Waals surface area (Å²) in [6.07, 6.45) is -5.50. The van der Waals surface area contributed by atoms with Crippen molar-refractivity contribution in [2.45, 2.75) is 25.9 Å². The molecule has 0 aliphatic carbocycles. The van der Waals surface area contributed by atoms with Crippen LogP contribution >= 0.6 is 0 Å². The van der Waals surface area contributed by atoms with E-state index in [1.54, 1.807) is 31.2 Å². The summed E-state index contributed by atoms with van der Waals surface area (Å²) in [6, 6.07) is 12.8. The largest absolute Gasteiger partial charge is 0.493 e. The monoisotopic (exact) mass is 405 g/mol. The molecule has 152 valence electrons. The summed E-state index contributed by atoms with van der Waals surface area (Å²) in [5.74, 6) is -1.05. The lowest BCUT2D eigenvalue weighted by molar-refractivity contribution is -0.139. The van der Waals surface area contributed by atoms with Gasteiger partial charge in [0.25, 0.3) is 5.91 Å². The molecule has 3 rings (SSSR count). The highest BCUT2D eigenvalue weighted by atomic mass is 19.4. The summed E-state index contributed by atoms with van der Waals surface area (Å²) in [7, 11) is 0. The lowest BCUT2D eigenvalue weighted by Gasteiger charge is -2.10. The van der Waals surface area contributed by atoms with Crippen LogP contribution in [-0.2, 0) is 11.2 Å². The first-order chi connectivity index (χ1) is 13.7. The van der Waals surface area contributed by atoms with Gasteiger partial charge in [0.1, 0.15) is 5.75 Å². The van der Waals surface area contributed by atoms with Gasteiger partial charge >= 0.3 is 12.1 Å². The predicted octanol–water partition coefficient (Wildman–Crippen LogP) is 4.60. The maximum atomic E-state index is 13.0. The maximum absolute atomic E-state index is 13.0. The van der Waals surface area contributed by atoms with Crippen LogP contribution in [0.15, 0.2) is 48.5 Å². The molecule has 0 fully saturated rings. The third-order valence-electron chi connectivity index (χ3n) is 4.42. The average Bonchev–Trinajstić information content (AvgIpc) is 2.97. The minimum absolute atomic E-state index is 0.154. The summed E-state index contributed by atoms with van der Waals surface area (Å²) >= 11 is 0. The van der Waals surface area contributed by atoms with Crippen LogP contribution in [0.4, 0.5) is 13.2 Å². The Morgan fingerprint density at radius 2 is 1.79 bits per heavy atom. The number of benzene rings is 2. The first-order valence-corrected chi connectivity index (χ1v) is 8.82. The van der Waals surface area contributed by atoms with Gasteiger partial charge in [0.05, 0.1) is 25.0 Å². The van der Waals surface area contributed by atoms with Crippen LogP contribution in [0.2, 0.25) is 0 Å². The lowest BCUT2D eigenvalue weighted by Crippen LogP contribution is -2.14. The van der Waals surface area contributed by atoms with Gasteiger partial charge in [0.2, 0.25) is 0 Å². The first kappa shape index (κ1) is 20.4. The van der Waals surface area contributed by atoms with E-state index in [0.717, 1.165) is 0 Å². The number of aryl methyl sites for hydroxylation is 1. The number of aliphatic carboxylic acids is 1. The van der Waals surface area contributed by atoms with Gasteiger partial charge in [-0.25, -0.2) is 0 Å². The lowest BCUT2D eigenvalue weighted by atomic mass is 10.1. The molecule has 3 aromatic rings. The minimum atomic E-state index is -4.29. The molecule has 2 aromatic carbocycles. The van der Waals surface area contributed by atoms with E-state index < -0.39 is 25.2 Å². The Bertz CT molecular complexity index is 1050. The van der Waals surface area contributed by atoms with Crippen molar-refractivity contribution < 1.29 is 32.6 Å². The fraction of sp³-hybridized carbons (Fsp3) is 0.238. The van der Waals surface area contributed by atoms with Crippen LogP contribution < -0.4 is 4.74 Å². The molecule has 1 aromatic heterocycles. The Morgan fingerprint density at radius 1 is 1.10 bits per heavy atom. The Kier molecular flexibility index (Phi) is 5.63. The van der Waals surface area contributed by atoms with Crippen molar-refractivity contribution in [2.24, 2.45) is 0 Å². The number of hydrogen-bond donors (Lipinski definition) is 1. The zero-order valence-corrected chi connectivity index (χ0v) is 15.5. The molecule has 5 nitrogen and oxygen atoms in total. The van der Waals surface area contributed by atoms with Crippen molar-refractivity contribution in [3.05, 3.63) is 65.4 Å². The van der Waals surface area contributed by atoms with E-state index in [4.69, 9.17) is 9.84 Å². The van der Waals surface area contributed by atoms with Crippen LogP contribution in [-0.4, -0.2) is 34.3 Å². The Morgan fingerprint density at radius 3 is 2.41 bits per heavy atom. The number of alkyl halides is 3. The highest BCUT2D eigenvalue weighted by Crippen LogP contribution is 2.26. The van der Waals surface area contributed by atoms with Gasteiger partial charge in [-0.05, 0) is 48.9 Å². The Hall–Kier alpha value is -3.29. The second kappa shape index (κ2) is 7.98. The number of carbonyl (C=O) groups excluding carboxylic acids is 1. The molecule has 0 saturated carbocycles. The zero-order valence-electron chi connectivity index (χ0n) is 15.5. The molecular formula is C21H18F3NO4. The number of carbonyl (C=O) groups is 2. The molecule has 0 spiro atoms. The van der Waals surface area contributed by atoms with E-state index in [2.05, 4.69) is 0 Å². The van der Waals surface area contributed by atoms with Crippen molar-refractivity contribution in [3.8, 4) is 5.75 Å². The highest BCUT2D eigenvalue weighted by Gasteiger charge is 2.26. The molecule has 1 heterocycles. The Labute approximate surface area is 164 Å². The van der Waals surface area contributed by atoms with E-state index in [1.807, 2.05) is 0 Å². The van der Waals surface area contributed by atoms with Gasteiger partial charge in [-0.1, -0.05) is 12.1 Å². The second-order valence-electron chi connectivity index (χ2n) is 6.58. The first-order valence-electron chi connectivity index (χ1n) is 8.82. The molecule has 0 aliphatic rings. The summed E-state index contributed by atoms with van der Waals surface area (Å²) in [5, 5.41) is 9.76. The van der Waals surface area contributed by atoms with E-state index in [-0.39, 0.29) is 18.1 Å². The molecule has 29 heavy (non-hydrogen) atoms. The van der Waals surface area contributed by atoms with Crippen molar-refractivity contribution >= 4 is 22.8 Å². The van der Waals surface area contributed by atoms with E-state index in [9.17, 15) is 22.8 Å². The minimum Gasteiger partial charge on any atom is -0.493 e. The number of halogens is 3. The quantitative estimate of drug-likeness (QED) is 0.651. The molecule has 0 unspecified atom stereocenters. The summed E-state index contributed by atoms with van der Waals surface area (Å²) < 4.78 is 43.1. The molecular weight excluding hydrogens is 387 g/mol. The van der Waals surface area contributed by atoms with Crippen molar-refractivity contribution in [2.75, 3.05) is 6.61 Å². The average molecular weight is 405 g/mol. The van der Waals surface area contributed by atoms with E-state index >= 15 is 0 Å². The molecule has 0 bridgehead atoms. The van der Waals surface area contributed by atoms with Crippen LogP contribution in [0.25, 0.3) is 10.9 Å². The molecule has 1 N–H and O–H groups in total. The van der Waals surface area contributed by atoms with Crippen LogP contribution in [0.3, 0.4) is 0 Å². The number of carboxylic acids is 1. The predicted molar refractivity (Wildman–Crippen MR) is 100 cm³/mol. The maximum Gasteiger partial charge on any atom is 0.392 e. The number of fused-ring (bicyclic) bond motifs is 1. The molecule has 0 radical (unpaired) electrons. The van der Waals surface area contributed by atoms with E-state index in [1.165, 1.54) is 28.8 Å². The van der Waals surface area contributed by atoms with Gasteiger partial charge in [0.15, 0.2) is 0 Å². The van der Waals surface area contributed by atoms with Crippen LogP contribution in [0, 0.1) is 6.92 Å². The zero-order chi connectivity index (χ0) is 21.2. The van der Waals surface area contributed by atoms with Gasteiger partial charge < -0.3 is 9.84 Å². The summed E-state index contributed by atoms with van der Waals surface area (Å²) in [5.41, 5.74) is 2.18. The van der Waals surface area contributed by atoms with E-state index in [0.29, 0.717) is 27.7 Å². The normalized spacial score (nSPS) is 11.6. The number of carboxylic acid groups (broad SMARTS) is 1. The van der Waals surface area contributed by atoms with Crippen LogP contribution in [0.5, 0.6) is 5.75 Å². The topological polar surface area (TPSA) is 68.5 Å². The second-order valence-corrected chi connectivity index (χ2v) is 6.58. The Balaban J connectivity index is 1.84. The van der Waals surface area contributed by atoms with Crippen LogP contribution in [0.1, 0.15) is 28.0 Å². The van der Waals surface area contributed by atoms with Gasteiger partial charge in [0, 0.05) is 16.6 Å². The molecule has 0 saturated heterocycles. The highest BCUT2D eigenvalue weighted by molar-refractivity contribution is 6.04. The van der Waals surface area contributed by atoms with Gasteiger partial charge in [-0.2, -0.15) is 13.2 Å².